The molecule has 0 N–H and O–H groups in total. The number of methoxy groups -OCH3 is 1. The predicted octanol–water partition coefficient (Wildman–Crippen LogP) is 2.48. The van der Waals surface area contributed by atoms with Gasteiger partial charge in [0, 0.05) is 25.9 Å². The molecule has 0 bridgehead atoms. The topological polar surface area (TPSA) is 52.6 Å². The highest BCUT2D eigenvalue weighted by atomic mass is 32.4. The minimum Gasteiger partial charge on any atom is -0.381 e. The molecule has 0 aliphatic carbocycles. The summed E-state index contributed by atoms with van der Waals surface area (Å²) in [5, 5.41) is -0.313. The van der Waals surface area contributed by atoms with Crippen molar-refractivity contribution in [2.24, 2.45) is 0 Å². The van der Waals surface area contributed by atoms with Crippen LogP contribution in [0.15, 0.2) is 0 Å². The van der Waals surface area contributed by atoms with Crippen LogP contribution >= 0.6 is 11.2 Å². The Morgan fingerprint density at radius 2 is 1.95 bits per heavy atom. The Morgan fingerprint density at radius 3 is 2.48 bits per heavy atom. The zero-order valence-corrected chi connectivity index (χ0v) is 15.7. The van der Waals surface area contributed by atoms with Crippen molar-refractivity contribution in [3.8, 4) is 0 Å². The van der Waals surface area contributed by atoms with Gasteiger partial charge in [-0.1, -0.05) is 39.0 Å². The molecule has 0 aromatic carbocycles. The third-order valence-electron chi connectivity index (χ3n) is 4.03. The van der Waals surface area contributed by atoms with Crippen molar-refractivity contribution in [2.75, 3.05) is 20.3 Å². The Labute approximate surface area is 134 Å². The van der Waals surface area contributed by atoms with Crippen LogP contribution in [-0.2, 0) is 19.1 Å². The Morgan fingerprint density at radius 1 is 1.29 bits per heavy atom. The first-order valence-electron chi connectivity index (χ1n) is 7.88. The van der Waals surface area contributed by atoms with Crippen LogP contribution in [0, 0.1) is 0 Å². The van der Waals surface area contributed by atoms with Gasteiger partial charge in [-0.05, 0) is 13.3 Å². The molecule has 1 unspecified atom stereocenters. The molecule has 1 rings (SSSR count). The number of ether oxygens (including phenoxy) is 2. The lowest BCUT2D eigenvalue weighted by Crippen LogP contribution is -2.41. The third-order valence-corrected chi connectivity index (χ3v) is 8.29. The quantitative estimate of drug-likeness (QED) is 0.330. The van der Waals surface area contributed by atoms with Crippen LogP contribution in [0.1, 0.15) is 52.4 Å². The standard InChI is InChI=1S/C15H28O4SSi/c1-4-5-6-7-8-9-15(2,18-3)13(16)14(17)20-21-12-10-19-11-12/h12H,4-11,21H2,1-3H3. The fraction of sp³-hybridized carbons (Fsp3) is 0.867. The van der Waals surface area contributed by atoms with Crippen LogP contribution in [0.5, 0.6) is 0 Å². The summed E-state index contributed by atoms with van der Waals surface area (Å²) >= 11 is 1.25. The minimum atomic E-state index is -0.944. The van der Waals surface area contributed by atoms with Crippen molar-refractivity contribution >= 4 is 30.8 Å². The summed E-state index contributed by atoms with van der Waals surface area (Å²) < 4.78 is 10.5. The molecule has 1 atom stereocenters. The predicted molar refractivity (Wildman–Crippen MR) is 89.5 cm³/mol. The summed E-state index contributed by atoms with van der Waals surface area (Å²) in [6.07, 6.45) is 6.26. The van der Waals surface area contributed by atoms with E-state index in [1.165, 1.54) is 37.6 Å². The van der Waals surface area contributed by atoms with Crippen LogP contribution in [0.4, 0.5) is 0 Å². The van der Waals surface area contributed by atoms with E-state index in [2.05, 4.69) is 6.92 Å². The molecule has 1 heterocycles. The summed E-state index contributed by atoms with van der Waals surface area (Å²) in [5.74, 6) is -0.363. The van der Waals surface area contributed by atoms with Gasteiger partial charge in [-0.3, -0.25) is 9.59 Å². The molecule has 0 amide bonds. The number of Topliss-reactive ketones (excluding diaryl/α,β-unsaturated/α-hetero) is 1. The number of hydrogen-bond acceptors (Lipinski definition) is 5. The summed E-state index contributed by atoms with van der Waals surface area (Å²) in [6.45, 7) is 5.46. The van der Waals surface area contributed by atoms with Gasteiger partial charge in [0.15, 0.2) is 0 Å². The van der Waals surface area contributed by atoms with E-state index in [-0.39, 0.29) is 10.9 Å². The molecule has 1 aliphatic rings. The number of ketones is 1. The van der Waals surface area contributed by atoms with Crippen molar-refractivity contribution in [3.05, 3.63) is 0 Å². The Kier molecular flexibility index (Phi) is 8.78. The van der Waals surface area contributed by atoms with Gasteiger partial charge in [0.25, 0.3) is 5.12 Å². The molecule has 1 aliphatic heterocycles. The first-order chi connectivity index (χ1) is 10.0. The summed E-state index contributed by atoms with van der Waals surface area (Å²) in [6, 6.07) is 0. The number of unbranched alkanes of at least 4 members (excludes halogenated alkanes) is 4. The Balaban J connectivity index is 2.35. The summed E-state index contributed by atoms with van der Waals surface area (Å²) in [5.41, 5.74) is -0.393. The number of hydrogen-bond donors (Lipinski definition) is 0. The zero-order chi connectivity index (χ0) is 15.7. The van der Waals surface area contributed by atoms with Crippen LogP contribution in [0.3, 0.4) is 0 Å². The largest absolute Gasteiger partial charge is 0.381 e. The van der Waals surface area contributed by atoms with E-state index in [4.69, 9.17) is 9.47 Å². The number of rotatable bonds is 11. The van der Waals surface area contributed by atoms with Gasteiger partial charge < -0.3 is 9.47 Å². The molecule has 0 spiro atoms. The zero-order valence-electron chi connectivity index (χ0n) is 13.5. The van der Waals surface area contributed by atoms with Gasteiger partial charge in [-0.15, -0.1) is 11.2 Å². The van der Waals surface area contributed by atoms with Crippen molar-refractivity contribution in [1.82, 2.24) is 0 Å². The maximum atomic E-state index is 12.3. The van der Waals surface area contributed by atoms with Gasteiger partial charge in [0.1, 0.15) is 14.3 Å². The molecule has 0 saturated carbocycles. The SMILES string of the molecule is CCCCCCCC(C)(OC)C(=O)C(=O)S[SiH2]C1COC1. The third kappa shape index (κ3) is 6.22. The smallest absolute Gasteiger partial charge is 0.251 e. The highest BCUT2D eigenvalue weighted by molar-refractivity contribution is 8.35. The average molecular weight is 333 g/mol. The maximum absolute atomic E-state index is 12.3. The van der Waals surface area contributed by atoms with E-state index in [0.29, 0.717) is 12.0 Å². The van der Waals surface area contributed by atoms with E-state index in [0.717, 1.165) is 26.1 Å². The van der Waals surface area contributed by atoms with Crippen molar-refractivity contribution in [3.63, 3.8) is 0 Å². The molecule has 1 fully saturated rings. The lowest BCUT2D eigenvalue weighted by molar-refractivity contribution is -0.146. The molecule has 6 heteroatoms. The molecule has 4 nitrogen and oxygen atoms in total. The van der Waals surface area contributed by atoms with E-state index in [1.807, 2.05) is 0 Å². The first-order valence-corrected chi connectivity index (χ1v) is 11.4. The van der Waals surface area contributed by atoms with Crippen LogP contribution in [-0.4, -0.2) is 45.5 Å². The fourth-order valence-electron chi connectivity index (χ4n) is 2.23. The van der Waals surface area contributed by atoms with E-state index in [9.17, 15) is 9.59 Å². The lowest BCUT2D eigenvalue weighted by atomic mass is 9.93. The molecule has 0 aromatic heterocycles. The molecular formula is C15H28O4SSi. The monoisotopic (exact) mass is 332 g/mol. The van der Waals surface area contributed by atoms with E-state index in [1.54, 1.807) is 6.92 Å². The molecule has 0 aromatic rings. The van der Waals surface area contributed by atoms with E-state index >= 15 is 0 Å². The van der Waals surface area contributed by atoms with Gasteiger partial charge in [0.05, 0.1) is 0 Å². The number of carbonyl (C=O) groups is 2. The molecule has 122 valence electrons. The van der Waals surface area contributed by atoms with Crippen molar-refractivity contribution in [1.29, 1.82) is 0 Å². The maximum Gasteiger partial charge on any atom is 0.251 e. The van der Waals surface area contributed by atoms with E-state index < -0.39 is 14.3 Å². The molecule has 1 saturated heterocycles. The van der Waals surface area contributed by atoms with Crippen LogP contribution < -0.4 is 0 Å². The molecule has 0 radical (unpaired) electrons. The summed E-state index contributed by atoms with van der Waals surface area (Å²) in [7, 11) is 0.929. The van der Waals surface area contributed by atoms with Crippen LogP contribution in [0.25, 0.3) is 0 Å². The second kappa shape index (κ2) is 9.76. The van der Waals surface area contributed by atoms with Crippen LogP contribution in [0.2, 0.25) is 5.54 Å². The highest BCUT2D eigenvalue weighted by Gasteiger charge is 2.37. The minimum absolute atomic E-state index is 0.313. The Bertz CT molecular complexity index is 347. The van der Waals surface area contributed by atoms with Gasteiger partial charge in [0.2, 0.25) is 5.78 Å². The van der Waals surface area contributed by atoms with Crippen molar-refractivity contribution in [2.45, 2.75) is 63.5 Å². The molecule has 21 heavy (non-hydrogen) atoms. The lowest BCUT2D eigenvalue weighted by Gasteiger charge is -2.27. The highest BCUT2D eigenvalue weighted by Crippen LogP contribution is 2.25. The van der Waals surface area contributed by atoms with Crippen molar-refractivity contribution < 1.29 is 19.1 Å². The molecular weight excluding hydrogens is 304 g/mol. The number of carbonyl (C=O) groups excluding carboxylic acids is 2. The normalized spacial score (nSPS) is 18.6. The van der Waals surface area contributed by atoms with Gasteiger partial charge >= 0.3 is 0 Å². The second-order valence-corrected chi connectivity index (χ2v) is 9.94. The average Bonchev–Trinajstić information content (AvgIpc) is 2.44. The first kappa shape index (κ1) is 18.9. The van der Waals surface area contributed by atoms with Gasteiger partial charge in [-0.25, -0.2) is 0 Å². The van der Waals surface area contributed by atoms with Gasteiger partial charge in [-0.2, -0.15) is 0 Å². The summed E-state index contributed by atoms with van der Waals surface area (Å²) in [4.78, 5) is 24.4. The fourth-order valence-corrected chi connectivity index (χ4v) is 5.62. The second-order valence-electron chi connectivity index (χ2n) is 5.93. The Hall–Kier alpha value is -0.173.